The van der Waals surface area contributed by atoms with Gasteiger partial charge in [-0.1, -0.05) is 6.92 Å². The van der Waals surface area contributed by atoms with E-state index in [2.05, 4.69) is 17.6 Å². The Morgan fingerprint density at radius 3 is 2.24 bits per heavy atom. The van der Waals surface area contributed by atoms with Crippen LogP contribution in [-0.4, -0.2) is 38.1 Å². The third-order valence-electron chi connectivity index (χ3n) is 4.29. The normalized spacial score (nSPS) is 23.4. The number of carbonyl (C=O) groups is 2. The van der Waals surface area contributed by atoms with Gasteiger partial charge in [-0.2, -0.15) is 0 Å². The lowest BCUT2D eigenvalue weighted by Gasteiger charge is -2.28. The van der Waals surface area contributed by atoms with Crippen LogP contribution in [0.1, 0.15) is 52.4 Å². The lowest BCUT2D eigenvalue weighted by Crippen LogP contribution is -2.40. The highest BCUT2D eigenvalue weighted by Gasteiger charge is 2.29. The Kier molecular flexibility index (Phi) is 8.35. The first kappa shape index (κ1) is 18.0. The maximum absolute atomic E-state index is 12.1. The first-order chi connectivity index (χ1) is 10.1. The molecule has 0 aromatic heterocycles. The Bertz CT molecular complexity index is 325. The summed E-state index contributed by atoms with van der Waals surface area (Å²) in [5, 5.41) is 5.99. The Labute approximate surface area is 128 Å². The second-order valence-electron chi connectivity index (χ2n) is 6.00. The van der Waals surface area contributed by atoms with Gasteiger partial charge in [-0.3, -0.25) is 9.59 Å². The van der Waals surface area contributed by atoms with Gasteiger partial charge in [0.25, 0.3) is 0 Å². The van der Waals surface area contributed by atoms with E-state index in [1.165, 1.54) is 0 Å². The first-order valence-corrected chi connectivity index (χ1v) is 8.15. The topological polar surface area (TPSA) is 67.4 Å². The van der Waals surface area contributed by atoms with Gasteiger partial charge in [0, 0.05) is 38.1 Å². The maximum Gasteiger partial charge on any atom is 0.223 e. The van der Waals surface area contributed by atoms with Crippen molar-refractivity contribution in [3.05, 3.63) is 0 Å². The molecule has 1 rings (SSSR count). The second kappa shape index (κ2) is 9.77. The summed E-state index contributed by atoms with van der Waals surface area (Å²) in [6.07, 6.45) is 5.06. The van der Waals surface area contributed by atoms with Crippen molar-refractivity contribution < 1.29 is 14.3 Å². The standard InChI is InChI=1S/C16H30N2O3/c1-4-12(2)18-16(20)14-8-6-13(7-9-14)15(19)17-10-5-11-21-3/h12-14H,4-11H2,1-3H3,(H,17,19)(H,18,20). The summed E-state index contributed by atoms with van der Waals surface area (Å²) >= 11 is 0. The smallest absolute Gasteiger partial charge is 0.223 e. The van der Waals surface area contributed by atoms with Crippen LogP contribution in [0.25, 0.3) is 0 Å². The van der Waals surface area contributed by atoms with E-state index in [1.54, 1.807) is 7.11 Å². The maximum atomic E-state index is 12.1. The van der Waals surface area contributed by atoms with Crippen LogP contribution in [0.2, 0.25) is 0 Å². The van der Waals surface area contributed by atoms with Crippen molar-refractivity contribution in [1.29, 1.82) is 0 Å². The summed E-state index contributed by atoms with van der Waals surface area (Å²) < 4.78 is 4.95. The number of nitrogens with one attached hydrogen (secondary N) is 2. The van der Waals surface area contributed by atoms with Crippen LogP contribution in [0, 0.1) is 11.8 Å². The van der Waals surface area contributed by atoms with Crippen molar-refractivity contribution in [2.45, 2.75) is 58.4 Å². The van der Waals surface area contributed by atoms with Crippen molar-refractivity contribution in [2.75, 3.05) is 20.3 Å². The van der Waals surface area contributed by atoms with E-state index in [9.17, 15) is 9.59 Å². The van der Waals surface area contributed by atoms with E-state index in [1.807, 2.05) is 6.92 Å². The minimum atomic E-state index is 0.0696. The summed E-state index contributed by atoms with van der Waals surface area (Å²) in [7, 11) is 1.66. The van der Waals surface area contributed by atoms with Crippen LogP contribution < -0.4 is 10.6 Å². The molecule has 0 radical (unpaired) electrons. The highest BCUT2D eigenvalue weighted by Crippen LogP contribution is 2.29. The molecule has 0 aromatic carbocycles. The molecule has 0 aliphatic heterocycles. The Balaban J connectivity index is 2.25. The fraction of sp³-hybridized carbons (Fsp3) is 0.875. The molecule has 1 aliphatic rings. The quantitative estimate of drug-likeness (QED) is 0.672. The number of hydrogen-bond donors (Lipinski definition) is 2. The third kappa shape index (κ3) is 6.46. The van der Waals surface area contributed by atoms with Gasteiger partial charge in [0.05, 0.1) is 0 Å². The molecule has 0 spiro atoms. The second-order valence-corrected chi connectivity index (χ2v) is 6.00. The molecule has 1 saturated carbocycles. The number of methoxy groups -OCH3 is 1. The van der Waals surface area contributed by atoms with Crippen molar-refractivity contribution in [3.63, 3.8) is 0 Å². The SMILES string of the molecule is CCC(C)NC(=O)C1CCC(C(=O)NCCCOC)CC1. The molecule has 0 saturated heterocycles. The van der Waals surface area contributed by atoms with Gasteiger partial charge < -0.3 is 15.4 Å². The minimum absolute atomic E-state index is 0.0696. The molecule has 122 valence electrons. The monoisotopic (exact) mass is 298 g/mol. The summed E-state index contributed by atoms with van der Waals surface area (Å²) in [6.45, 7) is 5.43. The highest BCUT2D eigenvalue weighted by atomic mass is 16.5. The fourth-order valence-corrected chi connectivity index (χ4v) is 2.65. The van der Waals surface area contributed by atoms with Gasteiger partial charge in [0.2, 0.25) is 11.8 Å². The third-order valence-corrected chi connectivity index (χ3v) is 4.29. The van der Waals surface area contributed by atoms with E-state index < -0.39 is 0 Å². The number of amides is 2. The van der Waals surface area contributed by atoms with Crippen LogP contribution in [-0.2, 0) is 14.3 Å². The molecule has 5 heteroatoms. The van der Waals surface area contributed by atoms with E-state index in [4.69, 9.17) is 4.74 Å². The first-order valence-electron chi connectivity index (χ1n) is 8.15. The molecule has 21 heavy (non-hydrogen) atoms. The fourth-order valence-electron chi connectivity index (χ4n) is 2.65. The van der Waals surface area contributed by atoms with Crippen LogP contribution in [0.4, 0.5) is 0 Å². The van der Waals surface area contributed by atoms with Crippen molar-refractivity contribution >= 4 is 11.8 Å². The predicted molar refractivity (Wildman–Crippen MR) is 82.8 cm³/mol. The average molecular weight is 298 g/mol. The van der Waals surface area contributed by atoms with Crippen molar-refractivity contribution in [2.24, 2.45) is 11.8 Å². The average Bonchev–Trinajstić information content (AvgIpc) is 2.51. The Morgan fingerprint density at radius 2 is 1.71 bits per heavy atom. The number of ether oxygens (including phenoxy) is 1. The molecular weight excluding hydrogens is 268 g/mol. The zero-order valence-corrected chi connectivity index (χ0v) is 13.6. The van der Waals surface area contributed by atoms with Gasteiger partial charge in [0.1, 0.15) is 0 Å². The summed E-state index contributed by atoms with van der Waals surface area (Å²) in [5.74, 6) is 0.437. The number of hydrogen-bond acceptors (Lipinski definition) is 3. The van der Waals surface area contributed by atoms with Crippen LogP contribution >= 0.6 is 0 Å². The van der Waals surface area contributed by atoms with Crippen molar-refractivity contribution in [1.82, 2.24) is 10.6 Å². The molecule has 1 unspecified atom stereocenters. The molecule has 2 N–H and O–H groups in total. The lowest BCUT2D eigenvalue weighted by atomic mass is 9.81. The Hall–Kier alpha value is -1.10. The van der Waals surface area contributed by atoms with Crippen LogP contribution in [0.5, 0.6) is 0 Å². The zero-order valence-electron chi connectivity index (χ0n) is 13.6. The molecule has 2 amide bonds. The number of carbonyl (C=O) groups excluding carboxylic acids is 2. The van der Waals surface area contributed by atoms with Gasteiger partial charge >= 0.3 is 0 Å². The minimum Gasteiger partial charge on any atom is -0.385 e. The molecule has 1 atom stereocenters. The van der Waals surface area contributed by atoms with Crippen LogP contribution in [0.15, 0.2) is 0 Å². The molecule has 5 nitrogen and oxygen atoms in total. The van der Waals surface area contributed by atoms with Gasteiger partial charge in [-0.15, -0.1) is 0 Å². The van der Waals surface area contributed by atoms with Gasteiger partial charge in [-0.25, -0.2) is 0 Å². The summed E-state index contributed by atoms with van der Waals surface area (Å²) in [6, 6.07) is 0.235. The van der Waals surface area contributed by atoms with Gasteiger partial charge in [0.15, 0.2) is 0 Å². The largest absolute Gasteiger partial charge is 0.385 e. The lowest BCUT2D eigenvalue weighted by molar-refractivity contribution is -0.130. The van der Waals surface area contributed by atoms with E-state index in [-0.39, 0.29) is 29.7 Å². The van der Waals surface area contributed by atoms with E-state index in [0.29, 0.717) is 13.2 Å². The molecule has 1 aliphatic carbocycles. The van der Waals surface area contributed by atoms with Crippen LogP contribution in [0.3, 0.4) is 0 Å². The Morgan fingerprint density at radius 1 is 1.14 bits per heavy atom. The zero-order chi connectivity index (χ0) is 15.7. The molecular formula is C16H30N2O3. The predicted octanol–water partition coefficient (Wildman–Crippen LogP) is 1.86. The van der Waals surface area contributed by atoms with E-state index in [0.717, 1.165) is 38.5 Å². The summed E-state index contributed by atoms with van der Waals surface area (Å²) in [5.41, 5.74) is 0. The highest BCUT2D eigenvalue weighted by molar-refractivity contribution is 5.81. The van der Waals surface area contributed by atoms with Gasteiger partial charge in [-0.05, 0) is 45.4 Å². The molecule has 1 fully saturated rings. The van der Waals surface area contributed by atoms with E-state index >= 15 is 0 Å². The number of rotatable bonds is 8. The van der Waals surface area contributed by atoms with Crippen molar-refractivity contribution in [3.8, 4) is 0 Å². The molecule has 0 heterocycles. The molecule has 0 bridgehead atoms. The molecule has 0 aromatic rings. The summed E-state index contributed by atoms with van der Waals surface area (Å²) in [4.78, 5) is 24.1.